The number of hydrogen-bond donors (Lipinski definition) is 0. The van der Waals surface area contributed by atoms with Crippen LogP contribution >= 0.6 is 34.5 Å². The van der Waals surface area contributed by atoms with Crippen molar-refractivity contribution >= 4 is 39.8 Å². The van der Waals surface area contributed by atoms with Crippen molar-refractivity contribution in [2.75, 3.05) is 0 Å². The molecule has 0 atom stereocenters. The minimum atomic E-state index is -0.266. The van der Waals surface area contributed by atoms with Gasteiger partial charge in [0, 0.05) is 11.3 Å². The van der Waals surface area contributed by atoms with Crippen LogP contribution in [0.25, 0.3) is 0 Å². The predicted octanol–water partition coefficient (Wildman–Crippen LogP) is 3.49. The first kappa shape index (κ1) is 10.0. The van der Waals surface area contributed by atoms with Crippen molar-refractivity contribution in [3.8, 4) is 0 Å². The fourth-order valence-electron chi connectivity index (χ4n) is 0.888. The van der Waals surface area contributed by atoms with E-state index < -0.39 is 0 Å². The summed E-state index contributed by atoms with van der Waals surface area (Å²) in [5, 5.41) is -0.266. The number of thiophene rings is 1. The second-order valence-electron chi connectivity index (χ2n) is 2.41. The molecule has 1 aromatic rings. The van der Waals surface area contributed by atoms with Crippen LogP contribution in [-0.2, 0) is 11.2 Å². The minimum Gasteiger partial charge on any atom is -0.281 e. The molecule has 0 unspecified atom stereocenters. The van der Waals surface area contributed by atoms with Crippen LogP contribution < -0.4 is 0 Å². The van der Waals surface area contributed by atoms with Crippen LogP contribution in [0.15, 0.2) is 12.1 Å². The van der Waals surface area contributed by atoms with E-state index in [1.807, 2.05) is 12.1 Å². The summed E-state index contributed by atoms with van der Waals surface area (Å²) in [5.74, 6) is 0. The maximum atomic E-state index is 10.4. The van der Waals surface area contributed by atoms with Gasteiger partial charge in [0.2, 0.25) is 5.24 Å². The Labute approximate surface area is 85.3 Å². The Bertz CT molecular complexity index is 270. The topological polar surface area (TPSA) is 17.1 Å². The number of aryl methyl sites for hydroxylation is 1. The molecule has 0 N–H and O–H groups in total. The number of carbonyl (C=O) groups is 1. The molecule has 4 heteroatoms. The Morgan fingerprint density at radius 2 is 2.25 bits per heavy atom. The van der Waals surface area contributed by atoms with Crippen molar-refractivity contribution in [1.29, 1.82) is 0 Å². The lowest BCUT2D eigenvalue weighted by molar-refractivity contribution is -0.111. The molecule has 0 bridgehead atoms. The van der Waals surface area contributed by atoms with Gasteiger partial charge in [-0.3, -0.25) is 4.79 Å². The van der Waals surface area contributed by atoms with Crippen molar-refractivity contribution < 1.29 is 4.79 Å². The molecule has 66 valence electrons. The molecule has 1 heterocycles. The Morgan fingerprint density at radius 1 is 1.50 bits per heavy atom. The zero-order valence-electron chi connectivity index (χ0n) is 6.35. The Kier molecular flexibility index (Phi) is 4.06. The molecule has 1 rings (SSSR count). The van der Waals surface area contributed by atoms with Crippen molar-refractivity contribution in [3.05, 3.63) is 21.3 Å². The van der Waals surface area contributed by atoms with Gasteiger partial charge >= 0.3 is 0 Å². The van der Waals surface area contributed by atoms with Crippen LogP contribution in [0, 0.1) is 0 Å². The lowest BCUT2D eigenvalue weighted by Gasteiger charge is -1.92. The van der Waals surface area contributed by atoms with E-state index in [0.29, 0.717) is 6.42 Å². The number of hydrogen-bond acceptors (Lipinski definition) is 2. The zero-order chi connectivity index (χ0) is 8.97. The smallest absolute Gasteiger partial charge is 0.221 e. The average Bonchev–Trinajstić information content (AvgIpc) is 2.35. The Hall–Kier alpha value is -0.0500. The summed E-state index contributed by atoms with van der Waals surface area (Å²) in [4.78, 5) is 11.6. The van der Waals surface area contributed by atoms with Crippen molar-refractivity contribution in [1.82, 2.24) is 0 Å². The van der Waals surface area contributed by atoms with Crippen LogP contribution in [0.5, 0.6) is 0 Å². The molecule has 0 spiro atoms. The molecule has 0 aromatic carbocycles. The van der Waals surface area contributed by atoms with Gasteiger partial charge < -0.3 is 0 Å². The molecule has 0 radical (unpaired) electrons. The van der Waals surface area contributed by atoms with Gasteiger partial charge in [0.25, 0.3) is 0 Å². The van der Waals surface area contributed by atoms with Gasteiger partial charge in [-0.1, -0.05) is 11.6 Å². The fraction of sp³-hybridized carbons (Fsp3) is 0.375. The summed E-state index contributed by atoms with van der Waals surface area (Å²) >= 11 is 12.5. The first-order valence-corrected chi connectivity index (χ1v) is 5.18. The summed E-state index contributed by atoms with van der Waals surface area (Å²) in [6, 6.07) is 3.84. The summed E-state index contributed by atoms with van der Waals surface area (Å²) in [6.07, 6.45) is 2.13. The molecule has 0 saturated heterocycles. The van der Waals surface area contributed by atoms with Crippen LogP contribution in [0.4, 0.5) is 0 Å². The van der Waals surface area contributed by atoms with Gasteiger partial charge in [0.1, 0.15) is 0 Å². The molecule has 1 nitrogen and oxygen atoms in total. The lowest BCUT2D eigenvalue weighted by Crippen LogP contribution is -1.87. The highest BCUT2D eigenvalue weighted by Crippen LogP contribution is 2.22. The Morgan fingerprint density at radius 3 is 2.75 bits per heavy atom. The normalized spacial score (nSPS) is 10.2. The van der Waals surface area contributed by atoms with E-state index in [4.69, 9.17) is 23.2 Å². The molecule has 0 amide bonds. The SMILES string of the molecule is O=C(Cl)CCCc1ccc(Cl)s1. The van der Waals surface area contributed by atoms with E-state index in [2.05, 4.69) is 0 Å². The summed E-state index contributed by atoms with van der Waals surface area (Å²) in [5.41, 5.74) is 0. The second kappa shape index (κ2) is 4.85. The first-order chi connectivity index (χ1) is 5.68. The molecular weight excluding hydrogens is 215 g/mol. The summed E-state index contributed by atoms with van der Waals surface area (Å²) in [6.45, 7) is 0. The Balaban J connectivity index is 2.29. The summed E-state index contributed by atoms with van der Waals surface area (Å²) in [7, 11) is 0. The van der Waals surface area contributed by atoms with E-state index in [1.165, 1.54) is 4.88 Å². The van der Waals surface area contributed by atoms with Crippen LogP contribution in [0.1, 0.15) is 17.7 Å². The second-order valence-corrected chi connectivity index (χ2v) is 4.64. The molecule has 1 aromatic heterocycles. The average molecular weight is 223 g/mol. The molecule has 12 heavy (non-hydrogen) atoms. The first-order valence-electron chi connectivity index (χ1n) is 3.61. The van der Waals surface area contributed by atoms with E-state index in [1.54, 1.807) is 11.3 Å². The van der Waals surface area contributed by atoms with Gasteiger partial charge in [0.05, 0.1) is 4.34 Å². The van der Waals surface area contributed by atoms with Gasteiger partial charge in [-0.2, -0.15) is 0 Å². The minimum absolute atomic E-state index is 0.266. The van der Waals surface area contributed by atoms with Crippen LogP contribution in [-0.4, -0.2) is 5.24 Å². The maximum Gasteiger partial charge on any atom is 0.221 e. The van der Waals surface area contributed by atoms with Crippen molar-refractivity contribution in [2.45, 2.75) is 19.3 Å². The summed E-state index contributed by atoms with van der Waals surface area (Å²) < 4.78 is 0.794. The molecule has 0 aliphatic carbocycles. The quantitative estimate of drug-likeness (QED) is 0.714. The van der Waals surface area contributed by atoms with E-state index >= 15 is 0 Å². The molecule has 0 fully saturated rings. The molecular formula is C8H8Cl2OS. The van der Waals surface area contributed by atoms with E-state index in [9.17, 15) is 4.79 Å². The highest BCUT2D eigenvalue weighted by Gasteiger charge is 1.99. The van der Waals surface area contributed by atoms with E-state index in [-0.39, 0.29) is 5.24 Å². The van der Waals surface area contributed by atoms with Gasteiger partial charge in [-0.05, 0) is 36.6 Å². The zero-order valence-corrected chi connectivity index (χ0v) is 8.68. The third kappa shape index (κ3) is 3.57. The van der Waals surface area contributed by atoms with E-state index in [0.717, 1.165) is 17.2 Å². The number of halogens is 2. The predicted molar refractivity (Wildman–Crippen MR) is 53.1 cm³/mol. The fourth-order valence-corrected chi connectivity index (χ4v) is 2.15. The maximum absolute atomic E-state index is 10.4. The van der Waals surface area contributed by atoms with Crippen molar-refractivity contribution in [2.24, 2.45) is 0 Å². The molecule has 0 aliphatic rings. The lowest BCUT2D eigenvalue weighted by atomic mass is 10.2. The van der Waals surface area contributed by atoms with Gasteiger partial charge in [-0.15, -0.1) is 11.3 Å². The number of rotatable bonds is 4. The largest absolute Gasteiger partial charge is 0.281 e. The number of carbonyl (C=O) groups excluding carboxylic acids is 1. The standard InChI is InChI=1S/C8H8Cl2OS/c9-7(11)3-1-2-6-4-5-8(10)12-6/h4-5H,1-3H2. The third-order valence-corrected chi connectivity index (χ3v) is 2.91. The molecule has 0 aliphatic heterocycles. The monoisotopic (exact) mass is 222 g/mol. The van der Waals surface area contributed by atoms with Crippen LogP contribution in [0.2, 0.25) is 4.34 Å². The van der Waals surface area contributed by atoms with Gasteiger partial charge in [-0.25, -0.2) is 0 Å². The van der Waals surface area contributed by atoms with Gasteiger partial charge in [0.15, 0.2) is 0 Å². The molecule has 0 saturated carbocycles. The van der Waals surface area contributed by atoms with Crippen LogP contribution in [0.3, 0.4) is 0 Å². The third-order valence-electron chi connectivity index (χ3n) is 1.43. The van der Waals surface area contributed by atoms with Crippen molar-refractivity contribution in [3.63, 3.8) is 0 Å². The highest BCUT2D eigenvalue weighted by atomic mass is 35.5. The highest BCUT2D eigenvalue weighted by molar-refractivity contribution is 7.16.